The number of hydrogen-bond acceptors (Lipinski definition) is 7. The van der Waals surface area contributed by atoms with Crippen molar-refractivity contribution in [2.75, 3.05) is 77.5 Å². The highest BCUT2D eigenvalue weighted by atomic mass is 16.5. The van der Waals surface area contributed by atoms with E-state index in [4.69, 9.17) is 4.74 Å². The summed E-state index contributed by atoms with van der Waals surface area (Å²) in [4.78, 5) is 30.5. The summed E-state index contributed by atoms with van der Waals surface area (Å²) in [5.41, 5.74) is 0. The number of ether oxygens (including phenoxy) is 1. The number of carbonyl (C=O) groups excluding carboxylic acids is 1. The maximum Gasteiger partial charge on any atom is 0.237 e. The average Bonchev–Trinajstić information content (AvgIpc) is 2.93. The Hall–Kier alpha value is -1.77. The van der Waals surface area contributed by atoms with Crippen LogP contribution in [0.4, 0.5) is 5.95 Å². The average molecular weight is 360 g/mol. The van der Waals surface area contributed by atoms with Gasteiger partial charge in [-0.25, -0.2) is 9.97 Å². The molecule has 0 spiro atoms. The summed E-state index contributed by atoms with van der Waals surface area (Å²) >= 11 is 0. The topological polar surface area (TPSA) is 65.0 Å². The second kappa shape index (κ2) is 7.85. The third kappa shape index (κ3) is 3.97. The zero-order chi connectivity index (χ0) is 17.9. The Morgan fingerprint density at radius 1 is 1.12 bits per heavy atom. The number of amides is 1. The van der Waals surface area contributed by atoms with E-state index in [0.29, 0.717) is 19.1 Å². The summed E-state index contributed by atoms with van der Waals surface area (Å²) in [6, 6.07) is 2.01. The van der Waals surface area contributed by atoms with Crippen LogP contribution in [-0.2, 0) is 9.53 Å². The lowest BCUT2D eigenvalue weighted by Gasteiger charge is -2.36. The highest BCUT2D eigenvalue weighted by Gasteiger charge is 2.35. The van der Waals surface area contributed by atoms with E-state index in [9.17, 15) is 4.79 Å². The van der Waals surface area contributed by atoms with Gasteiger partial charge in [0.1, 0.15) is 0 Å². The molecule has 0 aliphatic carbocycles. The van der Waals surface area contributed by atoms with Gasteiger partial charge in [0.05, 0.1) is 25.8 Å². The smallest absolute Gasteiger partial charge is 0.237 e. The first-order valence-corrected chi connectivity index (χ1v) is 9.49. The second-order valence-electron chi connectivity index (χ2n) is 7.64. The van der Waals surface area contributed by atoms with Gasteiger partial charge < -0.3 is 19.4 Å². The van der Waals surface area contributed by atoms with Gasteiger partial charge in [-0.1, -0.05) is 0 Å². The van der Waals surface area contributed by atoms with Crippen LogP contribution in [0.3, 0.4) is 0 Å². The van der Waals surface area contributed by atoms with Crippen molar-refractivity contribution < 1.29 is 9.53 Å². The minimum absolute atomic E-state index is 0.180. The first-order chi connectivity index (χ1) is 12.7. The number of hydrogen-bond donors (Lipinski definition) is 0. The van der Waals surface area contributed by atoms with Gasteiger partial charge >= 0.3 is 0 Å². The Morgan fingerprint density at radius 3 is 2.65 bits per heavy atom. The molecule has 0 saturated carbocycles. The molecule has 1 aromatic rings. The summed E-state index contributed by atoms with van der Waals surface area (Å²) in [6.07, 6.45) is 3.54. The molecular formula is C18H28N6O2. The van der Waals surface area contributed by atoms with Gasteiger partial charge in [-0.15, -0.1) is 0 Å². The van der Waals surface area contributed by atoms with Gasteiger partial charge in [0, 0.05) is 64.1 Å². The van der Waals surface area contributed by atoms with Crippen molar-refractivity contribution in [3.63, 3.8) is 0 Å². The Labute approximate surface area is 154 Å². The first-order valence-electron chi connectivity index (χ1n) is 9.49. The number of anilines is 1. The van der Waals surface area contributed by atoms with E-state index in [-0.39, 0.29) is 11.9 Å². The molecule has 0 radical (unpaired) electrons. The number of rotatable bonds is 3. The van der Waals surface area contributed by atoms with E-state index in [1.165, 1.54) is 0 Å². The fourth-order valence-corrected chi connectivity index (χ4v) is 4.23. The van der Waals surface area contributed by atoms with Crippen LogP contribution in [0.5, 0.6) is 0 Å². The molecule has 8 nitrogen and oxygen atoms in total. The molecule has 8 heteroatoms. The maximum absolute atomic E-state index is 13.0. The molecule has 4 rings (SSSR count). The van der Waals surface area contributed by atoms with Crippen LogP contribution in [-0.4, -0.2) is 109 Å². The van der Waals surface area contributed by atoms with Crippen LogP contribution in [0.25, 0.3) is 0 Å². The molecular weight excluding hydrogens is 332 g/mol. The van der Waals surface area contributed by atoms with Crippen molar-refractivity contribution in [1.29, 1.82) is 0 Å². The molecule has 3 saturated heterocycles. The van der Waals surface area contributed by atoms with Gasteiger partial charge in [0.15, 0.2) is 0 Å². The predicted octanol–water partition coefficient (Wildman–Crippen LogP) is -0.612. The Kier molecular flexibility index (Phi) is 5.33. The molecule has 1 amide bonds. The number of fused-ring (bicyclic) bond motifs is 3. The van der Waals surface area contributed by atoms with E-state index < -0.39 is 0 Å². The molecule has 0 aromatic carbocycles. The van der Waals surface area contributed by atoms with Crippen LogP contribution in [0.1, 0.15) is 0 Å². The normalized spacial score (nSPS) is 28.0. The van der Waals surface area contributed by atoms with Crippen molar-refractivity contribution in [2.45, 2.75) is 6.04 Å². The summed E-state index contributed by atoms with van der Waals surface area (Å²) in [6.45, 7) is 8.10. The number of carbonyl (C=O) groups is 1. The number of likely N-dealkylation sites (N-methyl/N-ethyl adjacent to an activating group) is 1. The van der Waals surface area contributed by atoms with E-state index in [0.717, 1.165) is 58.4 Å². The maximum atomic E-state index is 13.0. The largest absolute Gasteiger partial charge is 0.379 e. The lowest BCUT2D eigenvalue weighted by atomic mass is 10.1. The second-order valence-corrected chi connectivity index (χ2v) is 7.64. The first kappa shape index (κ1) is 17.6. The molecule has 142 valence electrons. The van der Waals surface area contributed by atoms with E-state index in [1.807, 2.05) is 6.07 Å². The SMILES string of the molecule is CN1C[C@@H]2COC[C@H](C1)N(C(=O)CN1CCN(c3ncccn3)CC1)C2. The molecule has 3 aliphatic rings. The van der Waals surface area contributed by atoms with Crippen molar-refractivity contribution in [3.05, 3.63) is 18.5 Å². The number of nitrogens with zero attached hydrogens (tertiary/aromatic N) is 6. The van der Waals surface area contributed by atoms with Crippen LogP contribution < -0.4 is 4.90 Å². The Morgan fingerprint density at radius 2 is 1.88 bits per heavy atom. The molecule has 4 heterocycles. The monoisotopic (exact) mass is 360 g/mol. The quantitative estimate of drug-likeness (QED) is 0.712. The van der Waals surface area contributed by atoms with Crippen LogP contribution in [0, 0.1) is 5.92 Å². The lowest BCUT2D eigenvalue weighted by molar-refractivity contribution is -0.135. The molecule has 3 aliphatic heterocycles. The van der Waals surface area contributed by atoms with Gasteiger partial charge in [-0.05, 0) is 13.1 Å². The molecule has 26 heavy (non-hydrogen) atoms. The molecule has 0 N–H and O–H groups in total. The van der Waals surface area contributed by atoms with Crippen molar-refractivity contribution in [1.82, 2.24) is 24.7 Å². The molecule has 3 fully saturated rings. The highest BCUT2D eigenvalue weighted by molar-refractivity contribution is 5.78. The Bertz CT molecular complexity index is 607. The zero-order valence-corrected chi connectivity index (χ0v) is 15.5. The predicted molar refractivity (Wildman–Crippen MR) is 98.0 cm³/mol. The third-order valence-electron chi connectivity index (χ3n) is 5.54. The highest BCUT2D eigenvalue weighted by Crippen LogP contribution is 2.19. The van der Waals surface area contributed by atoms with Gasteiger partial charge in [0.2, 0.25) is 11.9 Å². The lowest BCUT2D eigenvalue weighted by Crippen LogP contribution is -2.53. The third-order valence-corrected chi connectivity index (χ3v) is 5.54. The molecule has 0 unspecified atom stereocenters. The fourth-order valence-electron chi connectivity index (χ4n) is 4.23. The van der Waals surface area contributed by atoms with E-state index in [1.54, 1.807) is 12.4 Å². The standard InChI is InChI=1S/C18H28N6O2/c1-21-9-15-10-24(16(11-21)14-26-13-15)17(25)12-22-5-7-23(8-6-22)18-19-3-2-4-20-18/h2-4,15-16H,5-14H2,1H3/t15-,16-/m0/s1. The summed E-state index contributed by atoms with van der Waals surface area (Å²) in [7, 11) is 2.14. The summed E-state index contributed by atoms with van der Waals surface area (Å²) < 4.78 is 5.79. The molecule has 1 aromatic heterocycles. The minimum atomic E-state index is 0.180. The summed E-state index contributed by atoms with van der Waals surface area (Å²) in [5, 5.41) is 0. The van der Waals surface area contributed by atoms with Crippen LogP contribution in [0.2, 0.25) is 0 Å². The van der Waals surface area contributed by atoms with Gasteiger partial charge in [-0.3, -0.25) is 9.69 Å². The number of piperazine rings is 1. The van der Waals surface area contributed by atoms with Crippen molar-refractivity contribution in [2.24, 2.45) is 5.92 Å². The van der Waals surface area contributed by atoms with E-state index in [2.05, 4.69) is 36.6 Å². The summed E-state index contributed by atoms with van der Waals surface area (Å²) in [5.74, 6) is 1.44. The van der Waals surface area contributed by atoms with Crippen LogP contribution in [0.15, 0.2) is 18.5 Å². The zero-order valence-electron chi connectivity index (χ0n) is 15.5. The molecule has 2 atom stereocenters. The van der Waals surface area contributed by atoms with E-state index >= 15 is 0 Å². The van der Waals surface area contributed by atoms with Crippen molar-refractivity contribution in [3.8, 4) is 0 Å². The molecule has 2 bridgehead atoms. The van der Waals surface area contributed by atoms with Gasteiger partial charge in [-0.2, -0.15) is 0 Å². The van der Waals surface area contributed by atoms with Crippen LogP contribution >= 0.6 is 0 Å². The van der Waals surface area contributed by atoms with Crippen molar-refractivity contribution >= 4 is 11.9 Å². The fraction of sp³-hybridized carbons (Fsp3) is 0.722. The minimum Gasteiger partial charge on any atom is -0.379 e. The van der Waals surface area contributed by atoms with Gasteiger partial charge in [0.25, 0.3) is 0 Å². The number of aromatic nitrogens is 2. The Balaban J connectivity index is 1.32.